The number of hydrogen-bond donors (Lipinski definition) is 1. The molecule has 0 bridgehead atoms. The molecule has 2 rings (SSSR count). The summed E-state index contributed by atoms with van der Waals surface area (Å²) in [7, 11) is 1.42. The largest absolute Gasteiger partial charge is 0.497 e. The van der Waals surface area contributed by atoms with Crippen molar-refractivity contribution in [1.82, 2.24) is 4.90 Å². The van der Waals surface area contributed by atoms with E-state index < -0.39 is 23.5 Å². The molecule has 27 heavy (non-hydrogen) atoms. The first-order valence-corrected chi connectivity index (χ1v) is 8.40. The molecule has 0 aliphatic rings. The van der Waals surface area contributed by atoms with Gasteiger partial charge in [0.2, 0.25) is 0 Å². The third kappa shape index (κ3) is 4.81. The third-order valence-corrected chi connectivity index (χ3v) is 4.14. The number of rotatable bonds is 7. The van der Waals surface area contributed by atoms with Crippen LogP contribution in [0.25, 0.3) is 11.1 Å². The van der Waals surface area contributed by atoms with Gasteiger partial charge in [0, 0.05) is 24.2 Å². The highest BCUT2D eigenvalue weighted by Gasteiger charge is 2.23. The number of hydrogen-bond acceptors (Lipinski definition) is 3. The maximum atomic E-state index is 14.6. The Morgan fingerprint density at radius 1 is 1.11 bits per heavy atom. The fourth-order valence-electron chi connectivity index (χ4n) is 2.68. The Bertz CT molecular complexity index is 852. The number of methoxy groups -OCH3 is 1. The molecule has 1 N–H and O–H groups in total. The van der Waals surface area contributed by atoms with Crippen molar-refractivity contribution >= 4 is 11.9 Å². The molecule has 0 radical (unpaired) electrons. The predicted octanol–water partition coefficient (Wildman–Crippen LogP) is 3.97. The van der Waals surface area contributed by atoms with E-state index >= 15 is 0 Å². The number of halogens is 2. The van der Waals surface area contributed by atoms with Crippen LogP contribution in [0.5, 0.6) is 5.75 Å². The Balaban J connectivity index is 2.32. The van der Waals surface area contributed by atoms with Crippen LogP contribution in [0.15, 0.2) is 36.4 Å². The number of nitrogens with zero attached hydrogens (tertiary/aromatic N) is 1. The molecule has 0 heterocycles. The first kappa shape index (κ1) is 20.4. The van der Waals surface area contributed by atoms with Gasteiger partial charge in [-0.05, 0) is 43.7 Å². The zero-order chi connectivity index (χ0) is 20.1. The molecule has 0 unspecified atom stereocenters. The third-order valence-electron chi connectivity index (χ3n) is 4.14. The Kier molecular flexibility index (Phi) is 6.50. The first-order chi connectivity index (χ1) is 12.7. The number of ether oxygens (including phenoxy) is 1. The summed E-state index contributed by atoms with van der Waals surface area (Å²) in [4.78, 5) is 24.7. The Morgan fingerprint density at radius 3 is 2.33 bits per heavy atom. The number of benzene rings is 2. The molecule has 7 heteroatoms. The summed E-state index contributed by atoms with van der Waals surface area (Å²) in [6.45, 7) is 3.41. The van der Waals surface area contributed by atoms with Gasteiger partial charge in [-0.1, -0.05) is 6.07 Å². The topological polar surface area (TPSA) is 66.8 Å². The van der Waals surface area contributed by atoms with Gasteiger partial charge in [-0.25, -0.2) is 8.78 Å². The highest BCUT2D eigenvalue weighted by atomic mass is 19.1. The van der Waals surface area contributed by atoms with Gasteiger partial charge in [0.1, 0.15) is 17.4 Å². The van der Waals surface area contributed by atoms with Gasteiger partial charge in [0.15, 0.2) is 0 Å². The van der Waals surface area contributed by atoms with Crippen molar-refractivity contribution in [2.24, 2.45) is 0 Å². The van der Waals surface area contributed by atoms with Crippen LogP contribution >= 0.6 is 0 Å². The van der Waals surface area contributed by atoms with Crippen molar-refractivity contribution in [1.29, 1.82) is 0 Å². The molecular weight excluding hydrogens is 356 g/mol. The van der Waals surface area contributed by atoms with Crippen LogP contribution < -0.4 is 4.74 Å². The maximum Gasteiger partial charge on any atom is 0.305 e. The van der Waals surface area contributed by atoms with Crippen LogP contribution in [0.2, 0.25) is 0 Å². The predicted molar refractivity (Wildman–Crippen MR) is 96.8 cm³/mol. The molecule has 0 aromatic heterocycles. The van der Waals surface area contributed by atoms with E-state index in [0.717, 1.165) is 6.07 Å². The lowest BCUT2D eigenvalue weighted by molar-refractivity contribution is -0.137. The molecular formula is C20H21F2NO4. The van der Waals surface area contributed by atoms with Gasteiger partial charge in [0.05, 0.1) is 19.1 Å². The van der Waals surface area contributed by atoms with Crippen molar-refractivity contribution in [3.05, 3.63) is 53.6 Å². The van der Waals surface area contributed by atoms with E-state index in [4.69, 9.17) is 9.84 Å². The molecule has 0 fully saturated rings. The summed E-state index contributed by atoms with van der Waals surface area (Å²) >= 11 is 0. The quantitative estimate of drug-likeness (QED) is 0.793. The molecule has 144 valence electrons. The number of carbonyl (C=O) groups excluding carboxylic acids is 1. The molecule has 5 nitrogen and oxygen atoms in total. The number of amides is 1. The van der Waals surface area contributed by atoms with E-state index in [2.05, 4.69) is 0 Å². The van der Waals surface area contributed by atoms with E-state index in [1.54, 1.807) is 19.9 Å². The zero-order valence-corrected chi connectivity index (χ0v) is 15.3. The monoisotopic (exact) mass is 377 g/mol. The van der Waals surface area contributed by atoms with Crippen molar-refractivity contribution in [3.8, 4) is 16.9 Å². The van der Waals surface area contributed by atoms with Gasteiger partial charge in [0.25, 0.3) is 5.91 Å². The average Bonchev–Trinajstić information content (AvgIpc) is 2.60. The van der Waals surface area contributed by atoms with Gasteiger partial charge < -0.3 is 14.7 Å². The second-order valence-electron chi connectivity index (χ2n) is 6.28. The first-order valence-electron chi connectivity index (χ1n) is 8.40. The zero-order valence-electron chi connectivity index (χ0n) is 15.3. The number of carboxylic acids is 1. The Labute approximate surface area is 156 Å². The van der Waals surface area contributed by atoms with Crippen molar-refractivity contribution in [2.45, 2.75) is 26.3 Å². The van der Waals surface area contributed by atoms with E-state index in [-0.39, 0.29) is 35.7 Å². The maximum absolute atomic E-state index is 14.6. The highest BCUT2D eigenvalue weighted by molar-refractivity contribution is 5.95. The van der Waals surface area contributed by atoms with E-state index in [0.29, 0.717) is 5.75 Å². The summed E-state index contributed by atoms with van der Waals surface area (Å²) in [5, 5.41) is 8.82. The molecule has 2 aromatic carbocycles. The van der Waals surface area contributed by atoms with Crippen LogP contribution in [0.4, 0.5) is 8.78 Å². The highest BCUT2D eigenvalue weighted by Crippen LogP contribution is 2.28. The molecule has 0 saturated heterocycles. The number of carboxylic acid groups (broad SMARTS) is 1. The molecule has 1 amide bonds. The summed E-state index contributed by atoms with van der Waals surface area (Å²) in [5.41, 5.74) is 0.276. The minimum atomic E-state index is -1.04. The lowest BCUT2D eigenvalue weighted by Gasteiger charge is -2.26. The SMILES string of the molecule is COc1ccc(-c2ccc(C(=O)N(CCC(=O)O)C(C)C)c(F)c2)c(F)c1. The molecule has 2 aromatic rings. The van der Waals surface area contributed by atoms with Crippen LogP contribution in [0, 0.1) is 11.6 Å². The molecule has 0 atom stereocenters. The van der Waals surface area contributed by atoms with E-state index in [1.165, 1.54) is 36.3 Å². The minimum absolute atomic E-state index is 0.0276. The van der Waals surface area contributed by atoms with Crippen LogP contribution in [0.1, 0.15) is 30.6 Å². The summed E-state index contributed by atoms with van der Waals surface area (Å²) in [6.07, 6.45) is -0.235. The molecule has 0 saturated carbocycles. The molecule has 0 aliphatic heterocycles. The second kappa shape index (κ2) is 8.62. The summed E-state index contributed by atoms with van der Waals surface area (Å²) < 4.78 is 33.7. The number of carbonyl (C=O) groups is 2. The van der Waals surface area contributed by atoms with Crippen LogP contribution in [-0.2, 0) is 4.79 Å². The standard InChI is InChI=1S/C20H21F2NO4/c1-12(2)23(9-8-19(24)25)20(26)16-6-4-13(10-17(16)21)15-7-5-14(27-3)11-18(15)22/h4-7,10-12H,8-9H2,1-3H3,(H,24,25). The van der Waals surface area contributed by atoms with Gasteiger partial charge in [-0.15, -0.1) is 0 Å². The molecule has 0 spiro atoms. The summed E-state index contributed by atoms with van der Waals surface area (Å²) in [6, 6.07) is 7.76. The fraction of sp³-hybridized carbons (Fsp3) is 0.300. The van der Waals surface area contributed by atoms with Crippen LogP contribution in [0.3, 0.4) is 0 Å². The Hall–Kier alpha value is -2.96. The van der Waals surface area contributed by atoms with Crippen molar-refractivity contribution in [3.63, 3.8) is 0 Å². The average molecular weight is 377 g/mol. The van der Waals surface area contributed by atoms with Crippen LogP contribution in [-0.4, -0.2) is 41.6 Å². The lowest BCUT2D eigenvalue weighted by Crippen LogP contribution is -2.38. The lowest BCUT2D eigenvalue weighted by atomic mass is 10.0. The summed E-state index contributed by atoms with van der Waals surface area (Å²) in [5.74, 6) is -2.67. The Morgan fingerprint density at radius 2 is 1.81 bits per heavy atom. The normalized spacial score (nSPS) is 10.7. The van der Waals surface area contributed by atoms with Gasteiger partial charge in [-0.2, -0.15) is 0 Å². The van der Waals surface area contributed by atoms with E-state index in [9.17, 15) is 18.4 Å². The van der Waals surface area contributed by atoms with Crippen molar-refractivity contribution in [2.75, 3.05) is 13.7 Å². The minimum Gasteiger partial charge on any atom is -0.497 e. The second-order valence-corrected chi connectivity index (χ2v) is 6.28. The van der Waals surface area contributed by atoms with Gasteiger partial charge >= 0.3 is 5.97 Å². The number of aliphatic carboxylic acids is 1. The van der Waals surface area contributed by atoms with E-state index in [1.807, 2.05) is 0 Å². The van der Waals surface area contributed by atoms with Crippen molar-refractivity contribution < 1.29 is 28.2 Å². The molecule has 0 aliphatic carbocycles. The fourth-order valence-corrected chi connectivity index (χ4v) is 2.68. The van der Waals surface area contributed by atoms with Gasteiger partial charge in [-0.3, -0.25) is 9.59 Å². The smallest absolute Gasteiger partial charge is 0.305 e.